The van der Waals surface area contributed by atoms with Crippen molar-refractivity contribution in [2.75, 3.05) is 11.1 Å². The van der Waals surface area contributed by atoms with Crippen LogP contribution < -0.4 is 10.6 Å². The van der Waals surface area contributed by atoms with Crippen LogP contribution in [-0.4, -0.2) is 32.3 Å². The lowest BCUT2D eigenvalue weighted by Crippen LogP contribution is -2.28. The number of benzene rings is 2. The summed E-state index contributed by atoms with van der Waals surface area (Å²) in [5, 5.41) is 14.2. The number of para-hydroxylation sites is 1. The van der Waals surface area contributed by atoms with E-state index in [4.69, 9.17) is 0 Å². The number of aryl methyl sites for hydroxylation is 1. The summed E-state index contributed by atoms with van der Waals surface area (Å²) >= 11 is 1.18. The maximum atomic E-state index is 13.6. The van der Waals surface area contributed by atoms with Crippen LogP contribution in [-0.2, 0) is 11.8 Å². The Hall–Kier alpha value is -3.20. The number of nitrogens with zero attached hydrogens (tertiary/aromatic N) is 3. The second kappa shape index (κ2) is 9.53. The highest BCUT2D eigenvalue weighted by Crippen LogP contribution is 2.20. The highest BCUT2D eigenvalue weighted by Gasteiger charge is 2.19. The van der Waals surface area contributed by atoms with Crippen molar-refractivity contribution in [1.82, 2.24) is 20.1 Å². The quantitative estimate of drug-likeness (QED) is 0.564. The summed E-state index contributed by atoms with van der Waals surface area (Å²) in [6.45, 7) is 3.74. The normalized spacial score (nSPS) is 11.7. The molecular formula is C21H22FN5O2S. The van der Waals surface area contributed by atoms with Gasteiger partial charge in [-0.3, -0.25) is 9.59 Å². The third-order valence-electron chi connectivity index (χ3n) is 4.36. The van der Waals surface area contributed by atoms with Crippen LogP contribution in [0.1, 0.15) is 34.7 Å². The maximum Gasteiger partial charge on any atom is 0.251 e. The number of amides is 2. The van der Waals surface area contributed by atoms with Crippen molar-refractivity contribution in [3.05, 3.63) is 71.3 Å². The molecule has 3 rings (SSSR count). The number of nitrogens with one attached hydrogen (secondary N) is 2. The molecule has 0 spiro atoms. The molecule has 1 atom stereocenters. The second-order valence-electron chi connectivity index (χ2n) is 6.78. The Morgan fingerprint density at radius 3 is 2.67 bits per heavy atom. The number of halogens is 1. The Morgan fingerprint density at radius 1 is 1.17 bits per heavy atom. The van der Waals surface area contributed by atoms with E-state index in [1.807, 2.05) is 32.0 Å². The van der Waals surface area contributed by atoms with Gasteiger partial charge < -0.3 is 15.2 Å². The van der Waals surface area contributed by atoms with Gasteiger partial charge in [-0.25, -0.2) is 4.39 Å². The fourth-order valence-corrected chi connectivity index (χ4v) is 3.56. The predicted molar refractivity (Wildman–Crippen MR) is 114 cm³/mol. The summed E-state index contributed by atoms with van der Waals surface area (Å²) in [4.78, 5) is 24.6. The van der Waals surface area contributed by atoms with Gasteiger partial charge in [0, 0.05) is 12.6 Å². The van der Waals surface area contributed by atoms with Gasteiger partial charge in [0.1, 0.15) is 5.82 Å². The van der Waals surface area contributed by atoms with Gasteiger partial charge >= 0.3 is 0 Å². The molecule has 0 saturated carbocycles. The van der Waals surface area contributed by atoms with E-state index < -0.39 is 5.82 Å². The molecule has 9 heteroatoms. The average Bonchev–Trinajstić information content (AvgIpc) is 3.08. The van der Waals surface area contributed by atoms with E-state index in [1.165, 1.54) is 23.9 Å². The van der Waals surface area contributed by atoms with E-state index in [1.54, 1.807) is 29.8 Å². The van der Waals surface area contributed by atoms with E-state index in [9.17, 15) is 14.0 Å². The Labute approximate surface area is 178 Å². The SMILES string of the molecule is Cc1cccc(C(=O)N[C@H](C)c2nnc(SCC(=O)Nc3ccccc3F)n2C)c1. The molecule has 0 aliphatic heterocycles. The van der Waals surface area contributed by atoms with E-state index >= 15 is 0 Å². The minimum absolute atomic E-state index is 0.0460. The maximum absolute atomic E-state index is 13.6. The lowest BCUT2D eigenvalue weighted by molar-refractivity contribution is -0.113. The third kappa shape index (κ3) is 5.24. The number of aromatic nitrogens is 3. The second-order valence-corrected chi connectivity index (χ2v) is 7.72. The molecule has 2 amide bonds. The standard InChI is InChI=1S/C21H22FN5O2S/c1-13-7-6-8-15(11-13)20(29)23-14(2)19-25-26-21(27(19)3)30-12-18(28)24-17-10-5-4-9-16(17)22/h4-11,14H,12H2,1-3H3,(H,23,29)(H,24,28)/t14-/m1/s1. The van der Waals surface area contributed by atoms with Crippen LogP contribution in [0, 0.1) is 12.7 Å². The van der Waals surface area contributed by atoms with E-state index in [2.05, 4.69) is 20.8 Å². The highest BCUT2D eigenvalue weighted by atomic mass is 32.2. The van der Waals surface area contributed by atoms with E-state index in [0.29, 0.717) is 16.5 Å². The van der Waals surface area contributed by atoms with Gasteiger partial charge in [0.05, 0.1) is 17.5 Å². The summed E-state index contributed by atoms with van der Waals surface area (Å²) in [6, 6.07) is 12.9. The number of anilines is 1. The van der Waals surface area contributed by atoms with Gasteiger partial charge in [-0.2, -0.15) is 0 Å². The Kier molecular flexibility index (Phi) is 6.83. The number of hydrogen-bond acceptors (Lipinski definition) is 5. The molecule has 0 aliphatic carbocycles. The molecule has 0 saturated heterocycles. The Morgan fingerprint density at radius 2 is 1.93 bits per heavy atom. The topological polar surface area (TPSA) is 88.9 Å². The molecule has 0 bridgehead atoms. The summed E-state index contributed by atoms with van der Waals surface area (Å²) < 4.78 is 15.4. The van der Waals surface area contributed by atoms with Crippen LogP contribution >= 0.6 is 11.8 Å². The van der Waals surface area contributed by atoms with Crippen LogP contribution in [0.2, 0.25) is 0 Å². The molecule has 1 aromatic heterocycles. The molecule has 7 nitrogen and oxygen atoms in total. The minimum atomic E-state index is -0.491. The molecule has 3 aromatic rings. The van der Waals surface area contributed by atoms with Gasteiger partial charge in [-0.15, -0.1) is 10.2 Å². The van der Waals surface area contributed by atoms with Gasteiger partial charge in [-0.1, -0.05) is 41.6 Å². The first kappa shape index (κ1) is 21.5. The zero-order chi connectivity index (χ0) is 21.7. The Bertz CT molecular complexity index is 1070. The van der Waals surface area contributed by atoms with Crippen molar-refractivity contribution in [3.63, 3.8) is 0 Å². The molecule has 0 radical (unpaired) electrons. The fraction of sp³-hybridized carbons (Fsp3) is 0.238. The third-order valence-corrected chi connectivity index (χ3v) is 5.38. The van der Waals surface area contributed by atoms with Crippen molar-refractivity contribution in [2.24, 2.45) is 7.05 Å². The first-order chi connectivity index (χ1) is 14.3. The van der Waals surface area contributed by atoms with Crippen LogP contribution in [0.4, 0.5) is 10.1 Å². The molecule has 2 aromatic carbocycles. The minimum Gasteiger partial charge on any atom is -0.342 e. The largest absolute Gasteiger partial charge is 0.342 e. The van der Waals surface area contributed by atoms with E-state index in [-0.39, 0.29) is 29.3 Å². The van der Waals surface area contributed by atoms with Gasteiger partial charge in [0.2, 0.25) is 5.91 Å². The number of hydrogen-bond donors (Lipinski definition) is 2. The molecule has 156 valence electrons. The summed E-state index contributed by atoms with van der Waals surface area (Å²) in [5.41, 5.74) is 1.71. The van der Waals surface area contributed by atoms with Crippen LogP contribution in [0.25, 0.3) is 0 Å². The molecule has 1 heterocycles. The first-order valence-corrected chi connectivity index (χ1v) is 10.3. The average molecular weight is 428 g/mol. The molecule has 30 heavy (non-hydrogen) atoms. The van der Waals surface area contributed by atoms with Gasteiger partial charge in [0.25, 0.3) is 5.91 Å². The van der Waals surface area contributed by atoms with Crippen LogP contribution in [0.5, 0.6) is 0 Å². The number of thioether (sulfide) groups is 1. The van der Waals surface area contributed by atoms with Crippen molar-refractivity contribution in [3.8, 4) is 0 Å². The molecule has 2 N–H and O–H groups in total. The van der Waals surface area contributed by atoms with Crippen molar-refractivity contribution >= 4 is 29.3 Å². The highest BCUT2D eigenvalue weighted by molar-refractivity contribution is 7.99. The molecule has 0 unspecified atom stereocenters. The number of rotatable bonds is 7. The zero-order valence-corrected chi connectivity index (χ0v) is 17.7. The summed E-state index contributed by atoms with van der Waals surface area (Å²) in [6.07, 6.45) is 0. The van der Waals surface area contributed by atoms with E-state index in [0.717, 1.165) is 5.56 Å². The first-order valence-electron chi connectivity index (χ1n) is 9.29. The Balaban J connectivity index is 1.59. The fourth-order valence-electron chi connectivity index (χ4n) is 2.84. The van der Waals surface area contributed by atoms with Crippen LogP contribution in [0.3, 0.4) is 0 Å². The van der Waals surface area contributed by atoms with Crippen molar-refractivity contribution < 1.29 is 14.0 Å². The van der Waals surface area contributed by atoms with Crippen LogP contribution in [0.15, 0.2) is 53.7 Å². The predicted octanol–water partition coefficient (Wildman–Crippen LogP) is 3.48. The van der Waals surface area contributed by atoms with Gasteiger partial charge in [-0.05, 0) is 38.1 Å². The lowest BCUT2D eigenvalue weighted by Gasteiger charge is -2.14. The van der Waals surface area contributed by atoms with Gasteiger partial charge in [0.15, 0.2) is 11.0 Å². The number of carbonyl (C=O) groups excluding carboxylic acids is 2. The summed E-state index contributed by atoms with van der Waals surface area (Å²) in [5.74, 6) is -0.434. The smallest absolute Gasteiger partial charge is 0.251 e. The monoisotopic (exact) mass is 427 g/mol. The zero-order valence-electron chi connectivity index (χ0n) is 16.8. The lowest BCUT2D eigenvalue weighted by atomic mass is 10.1. The molecule has 0 fully saturated rings. The van der Waals surface area contributed by atoms with Crippen molar-refractivity contribution in [2.45, 2.75) is 25.0 Å². The summed E-state index contributed by atoms with van der Waals surface area (Å²) in [7, 11) is 1.77. The van der Waals surface area contributed by atoms with Crippen molar-refractivity contribution in [1.29, 1.82) is 0 Å². The molecule has 0 aliphatic rings. The molecular weight excluding hydrogens is 405 g/mol. The number of carbonyl (C=O) groups is 2.